The van der Waals surface area contributed by atoms with E-state index in [0.717, 1.165) is 5.41 Å². The minimum atomic E-state index is 0.950. The first kappa shape index (κ1) is 6.48. The van der Waals surface area contributed by atoms with Crippen molar-refractivity contribution in [3.05, 3.63) is 0 Å². The molecule has 6 saturated carbocycles. The van der Waals surface area contributed by atoms with Gasteiger partial charge in [0.25, 0.3) is 0 Å². The van der Waals surface area contributed by atoms with Gasteiger partial charge in [-0.25, -0.2) is 0 Å². The lowest BCUT2D eigenvalue weighted by Gasteiger charge is -2.57. The van der Waals surface area contributed by atoms with Gasteiger partial charge in [0.15, 0.2) is 0 Å². The Morgan fingerprint density at radius 1 is 0.692 bits per heavy atom. The molecule has 0 aromatic rings. The Bertz CT molecular complexity index is 294. The molecule has 6 fully saturated rings. The third-order valence-corrected chi connectivity index (χ3v) is 6.84. The van der Waals surface area contributed by atoms with Crippen molar-refractivity contribution >= 4 is 0 Å². The lowest BCUT2D eigenvalue weighted by atomic mass is 9.48. The van der Waals surface area contributed by atoms with Gasteiger partial charge in [-0.05, 0) is 79.4 Å². The number of rotatable bonds is 0. The zero-order chi connectivity index (χ0) is 8.21. The van der Waals surface area contributed by atoms with E-state index in [1.807, 2.05) is 0 Å². The molecular weight excluding hydrogens is 156 g/mol. The maximum atomic E-state index is 1.68. The molecule has 0 heteroatoms. The lowest BCUT2D eigenvalue weighted by molar-refractivity contribution is -0.0749. The molecule has 6 aliphatic carbocycles. The van der Waals surface area contributed by atoms with Crippen LogP contribution in [0.15, 0.2) is 0 Å². The Morgan fingerprint density at radius 3 is 2.23 bits per heavy atom. The first-order chi connectivity index (χ1) is 6.36. The fourth-order valence-corrected chi connectivity index (χ4v) is 6.67. The summed E-state index contributed by atoms with van der Waals surface area (Å²) >= 11 is 0. The molecule has 0 saturated heterocycles. The topological polar surface area (TPSA) is 0 Å². The highest BCUT2D eigenvalue weighted by atomic mass is 14.7. The molecule has 0 N–H and O–H groups in total. The largest absolute Gasteiger partial charge is 0.0470 e. The van der Waals surface area contributed by atoms with Crippen molar-refractivity contribution in [1.82, 2.24) is 0 Å². The van der Waals surface area contributed by atoms with E-state index < -0.39 is 0 Å². The molecule has 0 aliphatic heterocycles. The molecule has 7 unspecified atom stereocenters. The molecule has 0 aromatic heterocycles. The molecule has 0 radical (unpaired) electrons. The van der Waals surface area contributed by atoms with Crippen LogP contribution in [0.2, 0.25) is 0 Å². The summed E-state index contributed by atoms with van der Waals surface area (Å²) in [6, 6.07) is 0. The third kappa shape index (κ3) is 0.500. The van der Waals surface area contributed by atoms with Crippen LogP contribution in [0.25, 0.3) is 0 Å². The monoisotopic (exact) mass is 174 g/mol. The maximum absolute atomic E-state index is 1.68. The van der Waals surface area contributed by atoms with Crippen molar-refractivity contribution in [3.63, 3.8) is 0 Å². The average Bonchev–Trinajstić information content (AvgIpc) is 2.46. The van der Waals surface area contributed by atoms with Gasteiger partial charge in [0.2, 0.25) is 0 Å². The zero-order valence-electron chi connectivity index (χ0n) is 8.21. The first-order valence-corrected chi connectivity index (χ1v) is 6.36. The lowest BCUT2D eigenvalue weighted by Crippen LogP contribution is -2.48. The summed E-state index contributed by atoms with van der Waals surface area (Å²) in [5, 5.41) is 0. The van der Waals surface area contributed by atoms with Gasteiger partial charge in [-0.1, -0.05) is 0 Å². The smallest absolute Gasteiger partial charge is 0.0258 e. The van der Waals surface area contributed by atoms with Crippen LogP contribution in [-0.2, 0) is 0 Å². The van der Waals surface area contributed by atoms with Crippen molar-refractivity contribution in [2.45, 2.75) is 38.5 Å². The van der Waals surface area contributed by atoms with E-state index in [2.05, 4.69) is 0 Å². The summed E-state index contributed by atoms with van der Waals surface area (Å²) in [7, 11) is 0. The van der Waals surface area contributed by atoms with Crippen LogP contribution < -0.4 is 0 Å². The predicted octanol–water partition coefficient (Wildman–Crippen LogP) is 3.08. The molecule has 6 aliphatic rings. The molecule has 1 spiro atoms. The van der Waals surface area contributed by atoms with Gasteiger partial charge in [-0.3, -0.25) is 0 Å². The Labute approximate surface area is 80.1 Å². The normalized spacial score (nSPS) is 75.7. The molecule has 0 nitrogen and oxygen atoms in total. The maximum Gasteiger partial charge on any atom is -0.0258 e. The van der Waals surface area contributed by atoms with E-state index in [4.69, 9.17) is 0 Å². The minimum absolute atomic E-state index is 0.950. The van der Waals surface area contributed by atoms with Crippen LogP contribution in [0.4, 0.5) is 0 Å². The van der Waals surface area contributed by atoms with Gasteiger partial charge in [-0.2, -0.15) is 0 Å². The van der Waals surface area contributed by atoms with E-state index in [1.165, 1.54) is 35.5 Å². The van der Waals surface area contributed by atoms with Gasteiger partial charge in [0, 0.05) is 0 Å². The molecular formula is C13H18. The van der Waals surface area contributed by atoms with Gasteiger partial charge >= 0.3 is 0 Å². The van der Waals surface area contributed by atoms with Crippen LogP contribution in [0.3, 0.4) is 0 Å². The summed E-state index contributed by atoms with van der Waals surface area (Å²) < 4.78 is 0. The summed E-state index contributed by atoms with van der Waals surface area (Å²) in [6.45, 7) is 0. The van der Waals surface area contributed by atoms with Crippen molar-refractivity contribution in [2.24, 2.45) is 40.9 Å². The van der Waals surface area contributed by atoms with E-state index in [0.29, 0.717) is 0 Å². The Balaban J connectivity index is 1.79. The van der Waals surface area contributed by atoms with Gasteiger partial charge < -0.3 is 0 Å². The van der Waals surface area contributed by atoms with E-state index >= 15 is 0 Å². The second kappa shape index (κ2) is 1.61. The van der Waals surface area contributed by atoms with Crippen LogP contribution in [0.5, 0.6) is 0 Å². The van der Waals surface area contributed by atoms with Crippen LogP contribution >= 0.6 is 0 Å². The summed E-state index contributed by atoms with van der Waals surface area (Å²) in [6.07, 6.45) is 10.00. The standard InChI is InChI=1S/C13H18/c1-7-2-9-4-13-5-10(7)11(6-13)8(1)3-12(9)13/h7-12H,1-6H2. The molecule has 70 valence electrons. The Hall–Kier alpha value is 0. The molecule has 6 rings (SSSR count). The van der Waals surface area contributed by atoms with Crippen molar-refractivity contribution in [3.8, 4) is 0 Å². The minimum Gasteiger partial charge on any atom is -0.0470 e. The Morgan fingerprint density at radius 2 is 1.38 bits per heavy atom. The highest BCUT2D eigenvalue weighted by Crippen LogP contribution is 2.78. The fourth-order valence-electron chi connectivity index (χ4n) is 6.67. The fraction of sp³-hybridized carbons (Fsp3) is 1.00. The van der Waals surface area contributed by atoms with E-state index in [9.17, 15) is 0 Å². The summed E-state index contributed by atoms with van der Waals surface area (Å²) in [5.74, 6) is 7.30. The van der Waals surface area contributed by atoms with Crippen molar-refractivity contribution in [1.29, 1.82) is 0 Å². The highest BCUT2D eigenvalue weighted by Gasteiger charge is 2.70. The first-order valence-electron chi connectivity index (χ1n) is 6.36. The molecule has 13 heavy (non-hydrogen) atoms. The summed E-state index contributed by atoms with van der Waals surface area (Å²) in [5.41, 5.74) is 0.950. The molecule has 7 atom stereocenters. The predicted molar refractivity (Wildman–Crippen MR) is 51.1 cm³/mol. The average molecular weight is 174 g/mol. The van der Waals surface area contributed by atoms with E-state index in [1.54, 1.807) is 38.5 Å². The molecule has 0 heterocycles. The number of hydrogen-bond acceptors (Lipinski definition) is 0. The quantitative estimate of drug-likeness (QED) is 0.529. The van der Waals surface area contributed by atoms with Crippen LogP contribution in [0, 0.1) is 40.9 Å². The van der Waals surface area contributed by atoms with Crippen molar-refractivity contribution < 1.29 is 0 Å². The Kier molecular flexibility index (Phi) is 0.804. The van der Waals surface area contributed by atoms with Crippen LogP contribution in [-0.4, -0.2) is 0 Å². The second-order valence-corrected chi connectivity index (χ2v) is 6.90. The van der Waals surface area contributed by atoms with Gasteiger partial charge in [-0.15, -0.1) is 0 Å². The molecule has 7 bridgehead atoms. The molecule has 0 aromatic carbocycles. The highest BCUT2D eigenvalue weighted by molar-refractivity contribution is 5.19. The van der Waals surface area contributed by atoms with E-state index in [-0.39, 0.29) is 0 Å². The third-order valence-electron chi connectivity index (χ3n) is 6.84. The molecule has 0 amide bonds. The second-order valence-electron chi connectivity index (χ2n) is 6.90. The van der Waals surface area contributed by atoms with Crippen LogP contribution in [0.1, 0.15) is 38.5 Å². The SMILES string of the molecule is C1C2CC3CC45CC2C(C4)C1CC35. The zero-order valence-corrected chi connectivity index (χ0v) is 8.21. The van der Waals surface area contributed by atoms with Crippen molar-refractivity contribution in [2.75, 3.05) is 0 Å². The number of hydrogen-bond donors (Lipinski definition) is 0. The van der Waals surface area contributed by atoms with Gasteiger partial charge in [0.05, 0.1) is 0 Å². The van der Waals surface area contributed by atoms with Gasteiger partial charge in [0.1, 0.15) is 0 Å². The summed E-state index contributed by atoms with van der Waals surface area (Å²) in [4.78, 5) is 0.